The third-order valence-electron chi connectivity index (χ3n) is 8.46. The van der Waals surface area contributed by atoms with Crippen molar-refractivity contribution < 1.29 is 67.4 Å². The molecule has 0 spiro atoms. The number of likely N-dealkylation sites (N-methyl/N-ethyl adjacent to an activating group) is 1. The Morgan fingerprint density at radius 1 is 1.21 bits per heavy atom. The molecule has 2 aromatic rings. The molecule has 5 N–H and O–H groups in total. The maximum Gasteiger partial charge on any atom is 0.335 e. The van der Waals surface area contributed by atoms with Gasteiger partial charge in [-0.05, 0) is 29.3 Å². The second-order valence-corrected chi connectivity index (χ2v) is 13.8. The molecule has 3 heterocycles. The van der Waals surface area contributed by atoms with Crippen LogP contribution in [0.2, 0.25) is 0 Å². The van der Waals surface area contributed by atoms with Crippen molar-refractivity contribution in [3.63, 3.8) is 0 Å². The Hall–Kier alpha value is -3.03. The summed E-state index contributed by atoms with van der Waals surface area (Å²) >= 11 is 2.62. The number of amides is 1. The molecule has 2 aliphatic heterocycles. The number of esters is 1. The lowest BCUT2D eigenvalue weighted by atomic mass is 9.71. The van der Waals surface area contributed by atoms with Gasteiger partial charge in [0, 0.05) is 22.8 Å². The number of thioether (sulfide) groups is 1. The number of carbonyl (C=O) groups is 3. The molecule has 1 aromatic carbocycles. The number of ether oxygens (including phenoxy) is 2. The fraction of sp³-hybridized carbons (Fsp3) is 0.452. The van der Waals surface area contributed by atoms with E-state index in [-0.39, 0.29) is 58.5 Å². The summed E-state index contributed by atoms with van der Waals surface area (Å²) in [6.07, 6.45) is 2.75. The molecule has 6 atom stereocenters. The van der Waals surface area contributed by atoms with Crippen molar-refractivity contribution in [2.75, 3.05) is 52.4 Å². The van der Waals surface area contributed by atoms with Gasteiger partial charge in [0.05, 0.1) is 44.8 Å². The number of piperidine rings is 1. The number of aliphatic hydroxyl groups excluding tert-OH is 2. The maximum atomic E-state index is 13.7. The zero-order chi connectivity index (χ0) is 33.0. The van der Waals surface area contributed by atoms with Gasteiger partial charge in [-0.2, -0.15) is 11.8 Å². The quantitative estimate of drug-likeness (QED) is 0.0653. The van der Waals surface area contributed by atoms with Crippen LogP contribution in [0.25, 0.3) is 0 Å². The number of quaternary nitrogens is 1. The molecular formula is C31H38IN5O8S2. The first-order valence-electron chi connectivity index (χ1n) is 14.7. The first-order valence-corrected chi connectivity index (χ1v) is 16.6. The summed E-state index contributed by atoms with van der Waals surface area (Å²) in [5, 5.41) is 28.1. The molecule has 254 valence electrons. The molecule has 1 aromatic heterocycles. The summed E-state index contributed by atoms with van der Waals surface area (Å²) < 4.78 is 11.4. The van der Waals surface area contributed by atoms with Gasteiger partial charge in [0.25, 0.3) is 5.91 Å². The van der Waals surface area contributed by atoms with E-state index in [0.717, 1.165) is 16.9 Å². The van der Waals surface area contributed by atoms with E-state index in [0.29, 0.717) is 47.6 Å². The van der Waals surface area contributed by atoms with Crippen LogP contribution in [0.3, 0.4) is 0 Å². The first kappa shape index (κ1) is 36.8. The van der Waals surface area contributed by atoms with Gasteiger partial charge in [-0.25, -0.2) is 9.78 Å². The first-order chi connectivity index (χ1) is 22.0. The highest BCUT2D eigenvalue weighted by molar-refractivity contribution is 8.00. The predicted molar refractivity (Wildman–Crippen MR) is 173 cm³/mol. The van der Waals surface area contributed by atoms with E-state index in [4.69, 9.17) is 20.0 Å². The molecule has 0 bridgehead atoms. The molecule has 1 saturated heterocycles. The smallest absolute Gasteiger partial charge is 0.335 e. The van der Waals surface area contributed by atoms with Crippen LogP contribution in [-0.2, 0) is 30.6 Å². The number of thiazole rings is 1. The van der Waals surface area contributed by atoms with Crippen LogP contribution in [0.4, 0.5) is 5.13 Å². The number of hydrogen-bond donors (Lipinski definition) is 4. The number of nitrogens with zero attached hydrogens (tertiary/aromatic N) is 3. The van der Waals surface area contributed by atoms with E-state index < -0.39 is 41.3 Å². The molecule has 47 heavy (non-hydrogen) atoms. The van der Waals surface area contributed by atoms with Crippen LogP contribution in [0.1, 0.15) is 17.7 Å². The number of benzene rings is 1. The number of aromatic nitrogens is 1. The Balaban J connectivity index is 0.00000500. The van der Waals surface area contributed by atoms with Gasteiger partial charge in [-0.3, -0.25) is 9.59 Å². The van der Waals surface area contributed by atoms with Crippen LogP contribution >= 0.6 is 23.1 Å². The van der Waals surface area contributed by atoms with E-state index in [2.05, 4.69) is 15.5 Å². The van der Waals surface area contributed by atoms with E-state index in [1.165, 1.54) is 18.9 Å². The number of nitrogen functional groups attached to an aromatic ring is 1. The van der Waals surface area contributed by atoms with Crippen LogP contribution in [0, 0.1) is 5.92 Å². The number of carbonyl (C=O) groups excluding carboxylic acids is 3. The second-order valence-electron chi connectivity index (χ2n) is 11.7. The molecule has 1 aliphatic carbocycles. The van der Waals surface area contributed by atoms with E-state index in [1.54, 1.807) is 36.8 Å². The lowest BCUT2D eigenvalue weighted by Crippen LogP contribution is -3.00. The summed E-state index contributed by atoms with van der Waals surface area (Å²) in [5.41, 5.74) is 7.55. The van der Waals surface area contributed by atoms with Gasteiger partial charge in [0.1, 0.15) is 43.9 Å². The highest BCUT2D eigenvalue weighted by Crippen LogP contribution is 2.46. The summed E-state index contributed by atoms with van der Waals surface area (Å²) in [7, 11) is 4.87. The average Bonchev–Trinajstić information content (AvgIpc) is 3.48. The lowest BCUT2D eigenvalue weighted by molar-refractivity contribution is -0.913. The number of fused-ring (bicyclic) bond motifs is 1. The molecular weight excluding hydrogens is 761 g/mol. The highest BCUT2D eigenvalue weighted by Gasteiger charge is 2.56. The third kappa shape index (κ3) is 8.34. The molecule has 13 nitrogen and oxygen atoms in total. The third-order valence-corrected chi connectivity index (χ3v) is 10.5. The van der Waals surface area contributed by atoms with Gasteiger partial charge in [-0.15, -0.1) is 11.3 Å². The molecule has 2 unspecified atom stereocenters. The maximum absolute atomic E-state index is 13.7. The van der Waals surface area contributed by atoms with E-state index in [9.17, 15) is 24.6 Å². The number of allylic oxidation sites excluding steroid dienone is 1. The monoisotopic (exact) mass is 799 g/mol. The number of rotatable bonds is 11. The highest BCUT2D eigenvalue weighted by atomic mass is 127. The minimum absolute atomic E-state index is 0. The van der Waals surface area contributed by atoms with Crippen molar-refractivity contribution in [2.24, 2.45) is 11.1 Å². The van der Waals surface area contributed by atoms with Gasteiger partial charge >= 0.3 is 5.97 Å². The Bertz CT molecular complexity index is 1560. The van der Waals surface area contributed by atoms with Gasteiger partial charge < -0.3 is 64.0 Å². The molecule has 0 radical (unpaired) electrons. The van der Waals surface area contributed by atoms with Gasteiger partial charge in [0.15, 0.2) is 16.6 Å². The summed E-state index contributed by atoms with van der Waals surface area (Å²) in [6, 6.07) is 6.27. The van der Waals surface area contributed by atoms with E-state index >= 15 is 0 Å². The SMILES string of the molecule is CO/N=C(\C(=O)N[C@@H]1C(=O)C2C(C(=O)OCc3ccc(OC)cc3)=C(/C=C/C[N+]3(C)CC[C@H](O)[C@H](O)C3)CS[C@@H]21)c1csc(N)n1.[I-]. The van der Waals surface area contributed by atoms with Crippen LogP contribution in [-0.4, -0.2) is 113 Å². The molecule has 3 aliphatic rings. The van der Waals surface area contributed by atoms with Crippen molar-refractivity contribution in [1.29, 1.82) is 0 Å². The van der Waals surface area contributed by atoms with Gasteiger partial charge in [-0.1, -0.05) is 23.4 Å². The number of Topliss-reactive ketones (excluding diaryl/α,β-unsaturated/α-hetero) is 1. The Labute approximate surface area is 297 Å². The molecule has 5 rings (SSSR count). The number of likely N-dealkylation sites (tertiary alicyclic amines) is 1. The van der Waals surface area contributed by atoms with E-state index in [1.807, 2.05) is 19.2 Å². The van der Waals surface area contributed by atoms with Gasteiger partial charge in [0.2, 0.25) is 0 Å². The largest absolute Gasteiger partial charge is 1.00 e. The van der Waals surface area contributed by atoms with Crippen molar-refractivity contribution in [2.45, 2.75) is 36.5 Å². The topological polar surface area (TPSA) is 183 Å². The summed E-state index contributed by atoms with van der Waals surface area (Å²) in [4.78, 5) is 49.4. The summed E-state index contributed by atoms with van der Waals surface area (Å²) in [6.45, 7) is 1.67. The van der Waals surface area contributed by atoms with Crippen molar-refractivity contribution >= 4 is 51.6 Å². The van der Waals surface area contributed by atoms with Crippen molar-refractivity contribution in [3.05, 3.63) is 64.2 Å². The van der Waals surface area contributed by atoms with Crippen LogP contribution in [0.5, 0.6) is 5.75 Å². The Morgan fingerprint density at radius 3 is 2.60 bits per heavy atom. The predicted octanol–water partition coefficient (Wildman–Crippen LogP) is -1.94. The Kier molecular flexibility index (Phi) is 12.5. The second kappa shape index (κ2) is 15.9. The number of halogens is 1. The number of hydrogen-bond acceptors (Lipinski definition) is 13. The minimum Gasteiger partial charge on any atom is -1.00 e. The molecule has 2 fully saturated rings. The number of oxime groups is 1. The lowest BCUT2D eigenvalue weighted by Gasteiger charge is -2.46. The number of nitrogens with two attached hydrogens (primary N) is 1. The zero-order valence-electron chi connectivity index (χ0n) is 26.1. The number of anilines is 1. The normalized spacial score (nSPS) is 27.4. The molecule has 16 heteroatoms. The number of methoxy groups -OCH3 is 1. The van der Waals surface area contributed by atoms with Crippen molar-refractivity contribution in [1.82, 2.24) is 10.3 Å². The number of ketones is 1. The molecule has 1 saturated carbocycles. The van der Waals surface area contributed by atoms with Crippen molar-refractivity contribution in [3.8, 4) is 5.75 Å². The van der Waals surface area contributed by atoms with Crippen LogP contribution in [0.15, 0.2) is 58.1 Å². The standard InChI is InChI=1S/C31H37N5O8S2.HI/c1-36(12-10-21(37)22(38)13-36)11-4-5-18-15-45-28-24(23(18)30(41)44-14-17-6-8-19(42-2)9-7-17)27(39)26(28)34-29(40)25(35-43-3)20-16-46-31(32)33-20;/h4-9,16,21-22,24,26,28,37-38H,10-15H2,1-3H3,(H2-,32,33,34,40);1H/b5-4+,35-25-;/t21-,22+,24?,26+,28-,36?;/m0./s1. The zero-order valence-corrected chi connectivity index (χ0v) is 29.9. The summed E-state index contributed by atoms with van der Waals surface area (Å²) in [5.74, 6) is -1.24. The fourth-order valence-corrected chi connectivity index (χ4v) is 7.90. The number of aliphatic hydroxyl groups is 2. The molecule has 1 amide bonds. The Morgan fingerprint density at radius 2 is 1.96 bits per heavy atom. The van der Waals surface area contributed by atoms with Crippen LogP contribution < -0.4 is 39.8 Å². The number of nitrogens with one attached hydrogen (secondary N) is 1. The fourth-order valence-electron chi connectivity index (χ4n) is 5.87. The average molecular weight is 800 g/mol. The minimum atomic E-state index is -0.860.